The summed E-state index contributed by atoms with van der Waals surface area (Å²) in [5, 5.41) is 0. The third-order valence-corrected chi connectivity index (χ3v) is 6.78. The lowest BCUT2D eigenvalue weighted by molar-refractivity contribution is -0.0358. The summed E-state index contributed by atoms with van der Waals surface area (Å²) < 4.78 is 0. The van der Waals surface area contributed by atoms with Gasteiger partial charge in [0.05, 0.1) is 0 Å². The molecule has 0 amide bonds. The largest absolute Gasteiger partial charge is 0.329 e. The van der Waals surface area contributed by atoms with E-state index in [2.05, 4.69) is 18.7 Å². The monoisotopic (exact) mass is 278 g/mol. The Balaban J connectivity index is 1.80. The average Bonchev–Trinajstić information content (AvgIpc) is 2.95. The van der Waals surface area contributed by atoms with E-state index < -0.39 is 0 Å². The van der Waals surface area contributed by atoms with E-state index in [4.69, 9.17) is 5.73 Å². The van der Waals surface area contributed by atoms with Crippen molar-refractivity contribution < 1.29 is 0 Å². The molecule has 2 aliphatic carbocycles. The zero-order chi connectivity index (χ0) is 14.2. The van der Waals surface area contributed by atoms with Crippen molar-refractivity contribution in [2.45, 2.75) is 83.2 Å². The van der Waals surface area contributed by atoms with Crippen LogP contribution in [0.3, 0.4) is 0 Å². The van der Waals surface area contributed by atoms with Gasteiger partial charge in [-0.1, -0.05) is 33.1 Å². The summed E-state index contributed by atoms with van der Waals surface area (Å²) in [6, 6.07) is 0.873. The van der Waals surface area contributed by atoms with Gasteiger partial charge in [0, 0.05) is 18.1 Å². The van der Waals surface area contributed by atoms with E-state index in [-0.39, 0.29) is 0 Å². The van der Waals surface area contributed by atoms with Crippen LogP contribution < -0.4 is 5.73 Å². The highest BCUT2D eigenvalue weighted by Crippen LogP contribution is 2.46. The second-order valence-electron chi connectivity index (χ2n) is 8.12. The maximum atomic E-state index is 6.37. The first kappa shape index (κ1) is 14.8. The van der Waals surface area contributed by atoms with Crippen LogP contribution in [0, 0.1) is 17.8 Å². The van der Waals surface area contributed by atoms with Gasteiger partial charge in [-0.3, -0.25) is 4.90 Å². The number of likely N-dealkylation sites (tertiary alicyclic amines) is 1. The van der Waals surface area contributed by atoms with Crippen molar-refractivity contribution in [3.63, 3.8) is 0 Å². The van der Waals surface area contributed by atoms with E-state index in [1.165, 1.54) is 64.3 Å². The fraction of sp³-hybridized carbons (Fsp3) is 1.00. The van der Waals surface area contributed by atoms with Gasteiger partial charge in [0.15, 0.2) is 0 Å². The lowest BCUT2D eigenvalue weighted by Crippen LogP contribution is -2.62. The van der Waals surface area contributed by atoms with Crippen LogP contribution in [-0.2, 0) is 0 Å². The van der Waals surface area contributed by atoms with Crippen molar-refractivity contribution in [1.29, 1.82) is 0 Å². The van der Waals surface area contributed by atoms with E-state index in [1.54, 1.807) is 0 Å². The summed E-state index contributed by atoms with van der Waals surface area (Å²) >= 11 is 0. The first-order chi connectivity index (χ1) is 9.66. The summed E-state index contributed by atoms with van der Waals surface area (Å²) in [6.45, 7) is 7.03. The fourth-order valence-corrected chi connectivity index (χ4v) is 5.56. The molecule has 3 fully saturated rings. The third-order valence-electron chi connectivity index (χ3n) is 6.78. The molecule has 1 aliphatic heterocycles. The predicted octanol–water partition coefficient (Wildman–Crippen LogP) is 3.79. The Morgan fingerprint density at radius 1 is 1.10 bits per heavy atom. The fourth-order valence-electron chi connectivity index (χ4n) is 5.56. The molecule has 0 aromatic heterocycles. The molecule has 2 heteroatoms. The number of fused-ring (bicyclic) bond motifs is 1. The van der Waals surface area contributed by atoms with Crippen LogP contribution in [0.5, 0.6) is 0 Å². The predicted molar refractivity (Wildman–Crippen MR) is 85.7 cm³/mol. The van der Waals surface area contributed by atoms with E-state index in [1.807, 2.05) is 0 Å². The Morgan fingerprint density at radius 2 is 1.90 bits per heavy atom. The van der Waals surface area contributed by atoms with Crippen LogP contribution in [-0.4, -0.2) is 29.6 Å². The van der Waals surface area contributed by atoms with Crippen LogP contribution >= 0.6 is 0 Å². The van der Waals surface area contributed by atoms with Crippen molar-refractivity contribution in [3.8, 4) is 0 Å². The zero-order valence-electron chi connectivity index (χ0n) is 13.6. The van der Waals surface area contributed by atoms with Gasteiger partial charge in [0.2, 0.25) is 0 Å². The number of hydrogen-bond acceptors (Lipinski definition) is 2. The second kappa shape index (κ2) is 5.96. The molecular weight excluding hydrogens is 244 g/mol. The molecule has 4 unspecified atom stereocenters. The summed E-state index contributed by atoms with van der Waals surface area (Å²) in [4.78, 5) is 2.92. The normalized spacial score (nSPS) is 42.9. The highest BCUT2D eigenvalue weighted by atomic mass is 15.3. The summed E-state index contributed by atoms with van der Waals surface area (Å²) in [5.41, 5.74) is 6.72. The minimum Gasteiger partial charge on any atom is -0.329 e. The highest BCUT2D eigenvalue weighted by Gasteiger charge is 2.47. The smallest absolute Gasteiger partial charge is 0.0337 e. The Labute approximate surface area is 125 Å². The Kier molecular flexibility index (Phi) is 4.42. The van der Waals surface area contributed by atoms with Gasteiger partial charge in [-0.15, -0.1) is 0 Å². The average molecular weight is 278 g/mol. The summed E-state index contributed by atoms with van der Waals surface area (Å²) in [5.74, 6) is 2.71. The van der Waals surface area contributed by atoms with Gasteiger partial charge in [0.25, 0.3) is 0 Å². The standard InChI is InChI=1S/C18H34N2/c1-14(2)16-7-4-10-18(12-16,13-19)20-11-5-8-15-6-3-9-17(15)20/h14-17H,3-13,19H2,1-2H3. The molecule has 116 valence electrons. The van der Waals surface area contributed by atoms with Crippen LogP contribution in [0.4, 0.5) is 0 Å². The van der Waals surface area contributed by atoms with Gasteiger partial charge in [-0.05, 0) is 62.8 Å². The van der Waals surface area contributed by atoms with E-state index >= 15 is 0 Å². The van der Waals surface area contributed by atoms with Gasteiger partial charge < -0.3 is 5.73 Å². The lowest BCUT2D eigenvalue weighted by Gasteiger charge is -2.54. The third kappa shape index (κ3) is 2.54. The molecule has 3 aliphatic rings. The molecule has 0 bridgehead atoms. The molecule has 3 rings (SSSR count). The van der Waals surface area contributed by atoms with Crippen LogP contribution in [0.1, 0.15) is 71.6 Å². The molecule has 0 aromatic carbocycles. The number of piperidine rings is 1. The molecule has 2 saturated carbocycles. The first-order valence-corrected chi connectivity index (χ1v) is 9.13. The van der Waals surface area contributed by atoms with Crippen LogP contribution in [0.25, 0.3) is 0 Å². The van der Waals surface area contributed by atoms with Gasteiger partial charge in [-0.2, -0.15) is 0 Å². The number of hydrogen-bond donors (Lipinski definition) is 1. The molecule has 20 heavy (non-hydrogen) atoms. The maximum Gasteiger partial charge on any atom is 0.0337 e. The topological polar surface area (TPSA) is 29.3 Å². The second-order valence-corrected chi connectivity index (χ2v) is 8.12. The van der Waals surface area contributed by atoms with Crippen molar-refractivity contribution in [3.05, 3.63) is 0 Å². The minimum absolute atomic E-state index is 0.348. The van der Waals surface area contributed by atoms with Crippen LogP contribution in [0.2, 0.25) is 0 Å². The Hall–Kier alpha value is -0.0800. The van der Waals surface area contributed by atoms with Crippen molar-refractivity contribution in [2.24, 2.45) is 23.5 Å². The number of nitrogens with zero attached hydrogens (tertiary/aromatic N) is 1. The molecule has 0 radical (unpaired) electrons. The molecule has 1 heterocycles. The molecule has 2 N–H and O–H groups in total. The van der Waals surface area contributed by atoms with Gasteiger partial charge in [-0.25, -0.2) is 0 Å². The summed E-state index contributed by atoms with van der Waals surface area (Å²) in [7, 11) is 0. The lowest BCUT2D eigenvalue weighted by atomic mass is 9.69. The van der Waals surface area contributed by atoms with Crippen LogP contribution in [0.15, 0.2) is 0 Å². The minimum atomic E-state index is 0.348. The van der Waals surface area contributed by atoms with E-state index in [0.717, 1.165) is 30.3 Å². The Morgan fingerprint density at radius 3 is 2.65 bits per heavy atom. The quantitative estimate of drug-likeness (QED) is 0.851. The van der Waals surface area contributed by atoms with Gasteiger partial charge in [0.1, 0.15) is 0 Å². The maximum absolute atomic E-state index is 6.37. The Bertz CT molecular complexity index is 327. The van der Waals surface area contributed by atoms with E-state index in [0.29, 0.717) is 5.54 Å². The molecule has 1 saturated heterocycles. The molecule has 2 nitrogen and oxygen atoms in total. The van der Waals surface area contributed by atoms with Crippen molar-refractivity contribution in [2.75, 3.05) is 13.1 Å². The highest BCUT2D eigenvalue weighted by molar-refractivity contribution is 5.03. The molecule has 0 spiro atoms. The van der Waals surface area contributed by atoms with Gasteiger partial charge >= 0.3 is 0 Å². The van der Waals surface area contributed by atoms with E-state index in [9.17, 15) is 0 Å². The SMILES string of the molecule is CC(C)C1CCCC(CN)(N2CCCC3CCCC32)C1. The summed E-state index contributed by atoms with van der Waals surface area (Å²) in [6.07, 6.45) is 12.8. The first-order valence-electron chi connectivity index (χ1n) is 9.13. The van der Waals surface area contributed by atoms with Crippen molar-refractivity contribution >= 4 is 0 Å². The molecule has 0 aromatic rings. The zero-order valence-corrected chi connectivity index (χ0v) is 13.6. The van der Waals surface area contributed by atoms with Crippen molar-refractivity contribution in [1.82, 2.24) is 4.90 Å². The molecular formula is C18H34N2. The number of nitrogens with two attached hydrogens (primary N) is 1. The number of rotatable bonds is 3. The molecule has 4 atom stereocenters.